The van der Waals surface area contributed by atoms with Crippen LogP contribution >= 0.6 is 0 Å². The molecule has 0 radical (unpaired) electrons. The molecule has 1 N–H and O–H groups in total. The molecule has 128 valence electrons. The summed E-state index contributed by atoms with van der Waals surface area (Å²) in [5.41, 5.74) is 6.36. The molecule has 0 atom stereocenters. The smallest absolute Gasteiger partial charge is 0.257 e. The van der Waals surface area contributed by atoms with Crippen LogP contribution in [0.5, 0.6) is 0 Å². The molecular formula is C21H22N2O2. The average Bonchev–Trinajstić information content (AvgIpc) is 3.31. The van der Waals surface area contributed by atoms with E-state index in [1.165, 1.54) is 17.5 Å². The molecule has 0 saturated carbocycles. The summed E-state index contributed by atoms with van der Waals surface area (Å²) in [7, 11) is 0. The van der Waals surface area contributed by atoms with Crippen LogP contribution in [-0.4, -0.2) is 10.5 Å². The summed E-state index contributed by atoms with van der Waals surface area (Å²) in [5, 5.41) is 3.05. The fourth-order valence-corrected chi connectivity index (χ4v) is 3.68. The fourth-order valence-electron chi connectivity index (χ4n) is 3.68. The molecule has 25 heavy (non-hydrogen) atoms. The SMILES string of the molecule is Cc1cc(C(=O)Nc2ccc3c(c2)CCC3)c(C)n1Cc1ccco1. The van der Waals surface area contributed by atoms with E-state index in [1.807, 2.05) is 38.1 Å². The van der Waals surface area contributed by atoms with E-state index >= 15 is 0 Å². The van der Waals surface area contributed by atoms with Gasteiger partial charge in [0.1, 0.15) is 5.76 Å². The van der Waals surface area contributed by atoms with Crippen molar-refractivity contribution in [3.05, 3.63) is 76.5 Å². The Balaban J connectivity index is 1.56. The van der Waals surface area contributed by atoms with E-state index < -0.39 is 0 Å². The summed E-state index contributed by atoms with van der Waals surface area (Å²) >= 11 is 0. The second kappa shape index (κ2) is 6.28. The van der Waals surface area contributed by atoms with Crippen LogP contribution in [0.15, 0.2) is 47.1 Å². The lowest BCUT2D eigenvalue weighted by Gasteiger charge is -2.09. The lowest BCUT2D eigenvalue weighted by atomic mass is 10.1. The van der Waals surface area contributed by atoms with Gasteiger partial charge in [-0.3, -0.25) is 4.79 Å². The number of rotatable bonds is 4. The summed E-state index contributed by atoms with van der Waals surface area (Å²) in [4.78, 5) is 12.8. The zero-order chi connectivity index (χ0) is 17.4. The molecule has 0 spiro atoms. The van der Waals surface area contributed by atoms with Gasteiger partial charge in [-0.25, -0.2) is 0 Å². The summed E-state index contributed by atoms with van der Waals surface area (Å²) in [6.45, 7) is 4.63. The molecule has 4 heteroatoms. The van der Waals surface area contributed by atoms with E-state index in [2.05, 4.69) is 22.0 Å². The molecule has 0 aliphatic heterocycles. The van der Waals surface area contributed by atoms with Gasteiger partial charge in [0.05, 0.1) is 18.4 Å². The monoisotopic (exact) mass is 334 g/mol. The Kier molecular flexibility index (Phi) is 3.96. The maximum absolute atomic E-state index is 12.8. The number of aromatic nitrogens is 1. The van der Waals surface area contributed by atoms with Gasteiger partial charge in [0.2, 0.25) is 0 Å². The van der Waals surface area contributed by atoms with Crippen LogP contribution in [0.3, 0.4) is 0 Å². The van der Waals surface area contributed by atoms with E-state index in [9.17, 15) is 4.79 Å². The van der Waals surface area contributed by atoms with Gasteiger partial charge in [0.25, 0.3) is 5.91 Å². The number of amides is 1. The number of benzene rings is 1. The summed E-state index contributed by atoms with van der Waals surface area (Å²) < 4.78 is 7.54. The first-order valence-corrected chi connectivity index (χ1v) is 8.74. The highest BCUT2D eigenvalue weighted by atomic mass is 16.3. The molecule has 0 bridgehead atoms. The fraction of sp³-hybridized carbons (Fsp3) is 0.286. The molecule has 4 rings (SSSR count). The van der Waals surface area contributed by atoms with Gasteiger partial charge < -0.3 is 14.3 Å². The van der Waals surface area contributed by atoms with Gasteiger partial charge in [-0.15, -0.1) is 0 Å². The van der Waals surface area contributed by atoms with Crippen molar-refractivity contribution >= 4 is 11.6 Å². The quantitative estimate of drug-likeness (QED) is 0.764. The molecule has 0 fully saturated rings. The zero-order valence-electron chi connectivity index (χ0n) is 14.6. The highest BCUT2D eigenvalue weighted by Gasteiger charge is 2.17. The number of nitrogens with one attached hydrogen (secondary N) is 1. The summed E-state index contributed by atoms with van der Waals surface area (Å²) in [6, 6.07) is 12.0. The molecule has 2 heterocycles. The topological polar surface area (TPSA) is 47.2 Å². The van der Waals surface area contributed by atoms with Gasteiger partial charge >= 0.3 is 0 Å². The van der Waals surface area contributed by atoms with Crippen LogP contribution in [0.2, 0.25) is 0 Å². The standard InChI is InChI=1S/C21H22N2O2/c1-14-11-20(15(2)23(14)13-19-7-4-10-25-19)21(24)22-18-9-8-16-5-3-6-17(16)12-18/h4,7-12H,3,5-6,13H2,1-2H3,(H,22,24). The number of hydrogen-bond donors (Lipinski definition) is 1. The molecule has 0 unspecified atom stereocenters. The molecule has 1 aliphatic rings. The lowest BCUT2D eigenvalue weighted by Crippen LogP contribution is -2.13. The Morgan fingerprint density at radius 2 is 2.00 bits per heavy atom. The van der Waals surface area contributed by atoms with Crippen LogP contribution in [0.25, 0.3) is 0 Å². The number of furan rings is 1. The molecular weight excluding hydrogens is 312 g/mol. The minimum absolute atomic E-state index is 0.0586. The second-order valence-electron chi connectivity index (χ2n) is 6.74. The molecule has 2 aromatic heterocycles. The second-order valence-corrected chi connectivity index (χ2v) is 6.74. The van der Waals surface area contributed by atoms with Gasteiger partial charge in [-0.05, 0) is 74.6 Å². The number of aryl methyl sites for hydroxylation is 3. The van der Waals surface area contributed by atoms with Crippen LogP contribution in [-0.2, 0) is 19.4 Å². The molecule has 1 amide bonds. The van der Waals surface area contributed by atoms with Crippen molar-refractivity contribution in [1.82, 2.24) is 4.57 Å². The largest absolute Gasteiger partial charge is 0.467 e. The molecule has 1 aliphatic carbocycles. The van der Waals surface area contributed by atoms with Crippen molar-refractivity contribution in [3.8, 4) is 0 Å². The van der Waals surface area contributed by atoms with E-state index in [0.29, 0.717) is 12.1 Å². The third-order valence-corrected chi connectivity index (χ3v) is 5.07. The van der Waals surface area contributed by atoms with Gasteiger partial charge in [-0.1, -0.05) is 6.07 Å². The van der Waals surface area contributed by atoms with Crippen LogP contribution in [0, 0.1) is 13.8 Å². The Hall–Kier alpha value is -2.75. The average molecular weight is 334 g/mol. The first kappa shape index (κ1) is 15.8. The predicted molar refractivity (Wildman–Crippen MR) is 98.1 cm³/mol. The third-order valence-electron chi connectivity index (χ3n) is 5.07. The Labute approximate surface area is 147 Å². The van der Waals surface area contributed by atoms with E-state index in [0.717, 1.165) is 35.7 Å². The number of hydrogen-bond acceptors (Lipinski definition) is 2. The molecule has 1 aromatic carbocycles. The summed E-state index contributed by atoms with van der Waals surface area (Å²) in [6.07, 6.45) is 5.14. The van der Waals surface area contributed by atoms with Crippen LogP contribution in [0.4, 0.5) is 5.69 Å². The zero-order valence-corrected chi connectivity index (χ0v) is 14.6. The Morgan fingerprint density at radius 1 is 1.16 bits per heavy atom. The van der Waals surface area contributed by atoms with Crippen molar-refractivity contribution in [2.75, 3.05) is 5.32 Å². The maximum atomic E-state index is 12.8. The normalized spacial score (nSPS) is 13.0. The first-order chi connectivity index (χ1) is 12.1. The van der Waals surface area contributed by atoms with Crippen molar-refractivity contribution in [2.24, 2.45) is 0 Å². The van der Waals surface area contributed by atoms with Crippen molar-refractivity contribution in [2.45, 2.75) is 39.7 Å². The van der Waals surface area contributed by atoms with Crippen molar-refractivity contribution in [3.63, 3.8) is 0 Å². The van der Waals surface area contributed by atoms with Crippen LogP contribution < -0.4 is 5.32 Å². The highest BCUT2D eigenvalue weighted by molar-refractivity contribution is 6.05. The number of carbonyl (C=O) groups is 1. The number of fused-ring (bicyclic) bond motifs is 1. The Morgan fingerprint density at radius 3 is 2.80 bits per heavy atom. The molecule has 3 aromatic rings. The minimum atomic E-state index is -0.0586. The molecule has 4 nitrogen and oxygen atoms in total. The van der Waals surface area contributed by atoms with Gasteiger partial charge in [0, 0.05) is 17.1 Å². The minimum Gasteiger partial charge on any atom is -0.467 e. The predicted octanol–water partition coefficient (Wildman–Crippen LogP) is 4.49. The number of carbonyl (C=O) groups excluding carboxylic acids is 1. The summed E-state index contributed by atoms with van der Waals surface area (Å²) in [5.74, 6) is 0.823. The van der Waals surface area contributed by atoms with Gasteiger partial charge in [0.15, 0.2) is 0 Å². The van der Waals surface area contributed by atoms with E-state index in [-0.39, 0.29) is 5.91 Å². The van der Waals surface area contributed by atoms with Gasteiger partial charge in [-0.2, -0.15) is 0 Å². The first-order valence-electron chi connectivity index (χ1n) is 8.74. The van der Waals surface area contributed by atoms with Crippen molar-refractivity contribution < 1.29 is 9.21 Å². The number of nitrogens with zero attached hydrogens (tertiary/aromatic N) is 1. The van der Waals surface area contributed by atoms with Crippen LogP contribution in [0.1, 0.15) is 45.1 Å². The lowest BCUT2D eigenvalue weighted by molar-refractivity contribution is 0.102. The van der Waals surface area contributed by atoms with Crippen molar-refractivity contribution in [1.29, 1.82) is 0 Å². The third kappa shape index (κ3) is 3.00. The Bertz CT molecular complexity index is 920. The molecule has 0 saturated heterocycles. The number of anilines is 1. The van der Waals surface area contributed by atoms with E-state index in [4.69, 9.17) is 4.42 Å². The maximum Gasteiger partial charge on any atom is 0.257 e. The van der Waals surface area contributed by atoms with E-state index in [1.54, 1.807) is 6.26 Å². The highest BCUT2D eigenvalue weighted by Crippen LogP contribution is 2.26.